The summed E-state index contributed by atoms with van der Waals surface area (Å²) in [7, 11) is 1.72. The average molecular weight is 343 g/mol. The fraction of sp³-hybridized carbons (Fsp3) is 0.211. The van der Waals surface area contributed by atoms with Crippen molar-refractivity contribution in [2.24, 2.45) is 0 Å². The number of nitrogens with zero attached hydrogens (tertiary/aromatic N) is 1. The largest absolute Gasteiger partial charge is 0.388 e. The van der Waals surface area contributed by atoms with E-state index >= 15 is 0 Å². The molecule has 0 aliphatic heterocycles. The van der Waals surface area contributed by atoms with Gasteiger partial charge in [-0.05, 0) is 40.1 Å². The van der Waals surface area contributed by atoms with E-state index in [1.807, 2.05) is 18.2 Å². The highest BCUT2D eigenvalue weighted by molar-refractivity contribution is 7.17. The molecule has 0 spiro atoms. The summed E-state index contributed by atoms with van der Waals surface area (Å²) < 4.78 is 14.4. The third-order valence-electron chi connectivity index (χ3n) is 4.00. The van der Waals surface area contributed by atoms with Gasteiger partial charge in [0.2, 0.25) is 5.91 Å². The second-order valence-electron chi connectivity index (χ2n) is 5.78. The van der Waals surface area contributed by atoms with E-state index in [1.54, 1.807) is 29.4 Å². The van der Waals surface area contributed by atoms with Crippen molar-refractivity contribution in [3.8, 4) is 0 Å². The van der Waals surface area contributed by atoms with E-state index in [2.05, 4.69) is 11.4 Å². The number of halogens is 1. The Hall–Kier alpha value is -2.24. The Kier molecular flexibility index (Phi) is 4.92. The molecule has 1 amide bonds. The zero-order valence-corrected chi connectivity index (χ0v) is 14.1. The highest BCUT2D eigenvalue weighted by atomic mass is 32.1. The van der Waals surface area contributed by atoms with Crippen LogP contribution in [0.4, 0.5) is 4.39 Å². The van der Waals surface area contributed by atoms with Crippen LogP contribution in [0.1, 0.15) is 23.7 Å². The van der Waals surface area contributed by atoms with Gasteiger partial charge >= 0.3 is 0 Å². The number of hydrogen-bond donors (Lipinski definition) is 1. The van der Waals surface area contributed by atoms with Gasteiger partial charge in [-0.1, -0.05) is 30.3 Å². The fourth-order valence-corrected chi connectivity index (χ4v) is 3.61. The minimum atomic E-state index is -1.00. The van der Waals surface area contributed by atoms with Gasteiger partial charge in [-0.3, -0.25) is 4.79 Å². The maximum Gasteiger partial charge on any atom is 0.225 e. The third-order valence-corrected chi connectivity index (χ3v) is 5.01. The molecule has 3 nitrogen and oxygen atoms in total. The number of aliphatic hydroxyl groups is 1. The Labute approximate surface area is 144 Å². The van der Waals surface area contributed by atoms with Crippen LogP contribution in [-0.4, -0.2) is 23.0 Å². The standard InChI is InChI=1S/C19H18FNO2S/c1-21(11-14-12-24-18-8-3-2-7-16(14)18)19(23)10-17(22)13-5-4-6-15(20)9-13/h2-9,12,17,22H,10-11H2,1H3. The third kappa shape index (κ3) is 3.63. The van der Waals surface area contributed by atoms with Crippen molar-refractivity contribution < 1.29 is 14.3 Å². The average Bonchev–Trinajstić information content (AvgIpc) is 2.98. The molecule has 1 atom stereocenters. The first-order valence-corrected chi connectivity index (χ1v) is 8.55. The van der Waals surface area contributed by atoms with E-state index in [0.29, 0.717) is 12.1 Å². The summed E-state index contributed by atoms with van der Waals surface area (Å²) in [6, 6.07) is 13.8. The first kappa shape index (κ1) is 16.6. The van der Waals surface area contributed by atoms with Crippen LogP contribution in [-0.2, 0) is 11.3 Å². The monoisotopic (exact) mass is 343 g/mol. The molecular formula is C19H18FNO2S. The highest BCUT2D eigenvalue weighted by Gasteiger charge is 2.18. The maximum absolute atomic E-state index is 13.2. The van der Waals surface area contributed by atoms with Gasteiger partial charge in [0, 0.05) is 18.3 Å². The number of carbonyl (C=O) groups excluding carboxylic acids is 1. The topological polar surface area (TPSA) is 40.5 Å². The molecule has 124 valence electrons. The van der Waals surface area contributed by atoms with Crippen LogP contribution in [0, 0.1) is 5.82 Å². The van der Waals surface area contributed by atoms with Crippen molar-refractivity contribution in [3.63, 3.8) is 0 Å². The second-order valence-corrected chi connectivity index (χ2v) is 6.69. The smallest absolute Gasteiger partial charge is 0.225 e. The number of carbonyl (C=O) groups is 1. The van der Waals surface area contributed by atoms with E-state index in [0.717, 1.165) is 10.9 Å². The molecule has 2 aromatic carbocycles. The van der Waals surface area contributed by atoms with Gasteiger partial charge < -0.3 is 10.0 Å². The molecule has 0 saturated carbocycles. The molecule has 0 bridgehead atoms. The summed E-state index contributed by atoms with van der Waals surface area (Å²) in [5.74, 6) is -0.598. The molecule has 3 aromatic rings. The van der Waals surface area contributed by atoms with E-state index in [1.165, 1.54) is 22.9 Å². The second kappa shape index (κ2) is 7.11. The van der Waals surface area contributed by atoms with Gasteiger partial charge in [-0.25, -0.2) is 4.39 Å². The van der Waals surface area contributed by atoms with E-state index in [-0.39, 0.29) is 12.3 Å². The zero-order valence-electron chi connectivity index (χ0n) is 13.3. The van der Waals surface area contributed by atoms with Crippen molar-refractivity contribution >= 4 is 27.3 Å². The van der Waals surface area contributed by atoms with Crippen LogP contribution in [0.15, 0.2) is 53.9 Å². The van der Waals surface area contributed by atoms with Crippen molar-refractivity contribution in [2.45, 2.75) is 19.1 Å². The van der Waals surface area contributed by atoms with Gasteiger partial charge in [0.05, 0.1) is 12.5 Å². The molecule has 1 heterocycles. The number of benzene rings is 2. The molecule has 1 unspecified atom stereocenters. The van der Waals surface area contributed by atoms with Gasteiger partial charge in [-0.15, -0.1) is 11.3 Å². The number of hydrogen-bond acceptors (Lipinski definition) is 3. The van der Waals surface area contributed by atoms with Crippen LogP contribution in [0.2, 0.25) is 0 Å². The lowest BCUT2D eigenvalue weighted by atomic mass is 10.1. The van der Waals surface area contributed by atoms with Crippen LogP contribution >= 0.6 is 11.3 Å². The SMILES string of the molecule is CN(Cc1csc2ccccc12)C(=O)CC(O)c1cccc(F)c1. The van der Waals surface area contributed by atoms with Gasteiger partial charge in [0.15, 0.2) is 0 Å². The van der Waals surface area contributed by atoms with Gasteiger partial charge in [-0.2, -0.15) is 0 Å². The molecule has 0 radical (unpaired) electrons. The first-order chi connectivity index (χ1) is 11.5. The molecule has 0 aliphatic carbocycles. The molecule has 0 fully saturated rings. The number of aliphatic hydroxyl groups excluding tert-OH is 1. The molecule has 5 heteroatoms. The lowest BCUT2D eigenvalue weighted by Gasteiger charge is -2.19. The van der Waals surface area contributed by atoms with Crippen molar-refractivity contribution in [1.29, 1.82) is 0 Å². The molecule has 0 saturated heterocycles. The van der Waals surface area contributed by atoms with Crippen LogP contribution < -0.4 is 0 Å². The first-order valence-electron chi connectivity index (χ1n) is 7.67. The van der Waals surface area contributed by atoms with Gasteiger partial charge in [0.1, 0.15) is 5.82 Å². The minimum Gasteiger partial charge on any atom is -0.388 e. The van der Waals surface area contributed by atoms with Crippen molar-refractivity contribution in [3.05, 3.63) is 70.9 Å². The number of thiophene rings is 1. The Balaban J connectivity index is 1.66. The minimum absolute atomic E-state index is 0.0674. The summed E-state index contributed by atoms with van der Waals surface area (Å²) in [4.78, 5) is 13.9. The maximum atomic E-state index is 13.2. The Morgan fingerprint density at radius 3 is 2.83 bits per heavy atom. The van der Waals surface area contributed by atoms with Crippen molar-refractivity contribution in [1.82, 2.24) is 4.90 Å². The molecule has 3 rings (SSSR count). The summed E-state index contributed by atoms with van der Waals surface area (Å²) in [5.41, 5.74) is 1.50. The fourth-order valence-electron chi connectivity index (χ4n) is 2.65. The van der Waals surface area contributed by atoms with Crippen LogP contribution in [0.25, 0.3) is 10.1 Å². The molecule has 1 N–H and O–H groups in total. The van der Waals surface area contributed by atoms with Crippen molar-refractivity contribution in [2.75, 3.05) is 7.05 Å². The number of amides is 1. The molecule has 0 aliphatic rings. The van der Waals surface area contributed by atoms with E-state index in [4.69, 9.17) is 0 Å². The summed E-state index contributed by atoms with van der Waals surface area (Å²) in [6.45, 7) is 0.485. The summed E-state index contributed by atoms with van der Waals surface area (Å²) in [5, 5.41) is 13.3. The van der Waals surface area contributed by atoms with Crippen LogP contribution in [0.3, 0.4) is 0 Å². The Morgan fingerprint density at radius 1 is 1.25 bits per heavy atom. The normalized spacial score (nSPS) is 12.3. The van der Waals surface area contributed by atoms with E-state index in [9.17, 15) is 14.3 Å². The molecular weight excluding hydrogens is 325 g/mol. The lowest BCUT2D eigenvalue weighted by Crippen LogP contribution is -2.27. The predicted molar refractivity (Wildman–Crippen MR) is 94.3 cm³/mol. The quantitative estimate of drug-likeness (QED) is 0.757. The molecule has 24 heavy (non-hydrogen) atoms. The number of rotatable bonds is 5. The summed E-state index contributed by atoms with van der Waals surface area (Å²) in [6.07, 6.45) is -1.07. The van der Waals surface area contributed by atoms with Gasteiger partial charge in [0.25, 0.3) is 0 Å². The van der Waals surface area contributed by atoms with Crippen LogP contribution in [0.5, 0.6) is 0 Å². The Bertz CT molecular complexity index is 861. The number of fused-ring (bicyclic) bond motifs is 1. The predicted octanol–water partition coefficient (Wildman–Crippen LogP) is 4.12. The highest BCUT2D eigenvalue weighted by Crippen LogP contribution is 2.27. The molecule has 1 aromatic heterocycles. The van der Waals surface area contributed by atoms with E-state index < -0.39 is 11.9 Å². The summed E-state index contributed by atoms with van der Waals surface area (Å²) >= 11 is 1.65. The zero-order chi connectivity index (χ0) is 17.1. The lowest BCUT2D eigenvalue weighted by molar-refractivity contribution is -0.132. The Morgan fingerprint density at radius 2 is 2.04 bits per heavy atom.